The highest BCUT2D eigenvalue weighted by atomic mass is 32.2. The first-order valence-corrected chi connectivity index (χ1v) is 10.4. The van der Waals surface area contributed by atoms with Crippen LogP contribution in [0.5, 0.6) is 5.75 Å². The van der Waals surface area contributed by atoms with Gasteiger partial charge >= 0.3 is 0 Å². The monoisotopic (exact) mass is 376 g/mol. The van der Waals surface area contributed by atoms with Crippen LogP contribution >= 0.6 is 0 Å². The van der Waals surface area contributed by atoms with Gasteiger partial charge in [0.2, 0.25) is 10.0 Å². The Kier molecular flexibility index (Phi) is 4.27. The maximum absolute atomic E-state index is 13.4. The largest absolute Gasteiger partial charge is 0.489 e. The number of pyridine rings is 1. The number of fused-ring (bicyclic) bond motifs is 2. The van der Waals surface area contributed by atoms with Crippen LogP contribution in [0, 0.1) is 13.8 Å². The lowest BCUT2D eigenvalue weighted by molar-refractivity contribution is 0.0953. The van der Waals surface area contributed by atoms with E-state index in [9.17, 15) is 8.42 Å². The Labute approximate surface area is 154 Å². The van der Waals surface area contributed by atoms with Crippen LogP contribution in [0.3, 0.4) is 0 Å². The average Bonchev–Trinajstić information content (AvgIpc) is 3.02. The number of rotatable bonds is 4. The molecule has 2 fully saturated rings. The van der Waals surface area contributed by atoms with E-state index in [0.29, 0.717) is 29.1 Å². The number of aromatic nitrogens is 3. The molecule has 8 heteroatoms. The lowest BCUT2D eigenvalue weighted by Crippen LogP contribution is -2.49. The fourth-order valence-electron chi connectivity index (χ4n) is 4.41. The molecular formula is C18H24N4O3S. The van der Waals surface area contributed by atoms with Crippen LogP contribution in [0.2, 0.25) is 0 Å². The standard InChI is InChI=1S/C18H24N4O3S/c1-12-18(13(2)21(3)20-12)26(23,24)22-14-6-7-15(22)10-17(9-14)25-16-5-4-8-19-11-16/h4-5,8,11,14-15,17H,6-7,9-10H2,1-3H3. The molecule has 4 rings (SSSR count). The third kappa shape index (κ3) is 2.81. The lowest BCUT2D eigenvalue weighted by Gasteiger charge is -2.37. The number of ether oxygens (including phenoxy) is 1. The molecule has 0 spiro atoms. The summed E-state index contributed by atoms with van der Waals surface area (Å²) in [7, 11) is -1.77. The molecule has 0 radical (unpaired) electrons. The summed E-state index contributed by atoms with van der Waals surface area (Å²) in [5.74, 6) is 0.743. The van der Waals surface area contributed by atoms with E-state index in [0.717, 1.165) is 18.6 Å². The number of piperidine rings is 1. The summed E-state index contributed by atoms with van der Waals surface area (Å²) in [6.07, 6.45) is 6.63. The van der Waals surface area contributed by atoms with E-state index in [1.165, 1.54) is 0 Å². The maximum Gasteiger partial charge on any atom is 0.247 e. The Morgan fingerprint density at radius 1 is 1.19 bits per heavy atom. The van der Waals surface area contributed by atoms with Crippen molar-refractivity contribution in [2.75, 3.05) is 0 Å². The summed E-state index contributed by atoms with van der Waals surface area (Å²) in [5.41, 5.74) is 1.26. The quantitative estimate of drug-likeness (QED) is 0.817. The molecule has 2 unspecified atom stereocenters. The minimum Gasteiger partial charge on any atom is -0.489 e. The van der Waals surface area contributed by atoms with E-state index >= 15 is 0 Å². The molecule has 26 heavy (non-hydrogen) atoms. The highest BCUT2D eigenvalue weighted by Crippen LogP contribution is 2.41. The van der Waals surface area contributed by atoms with Gasteiger partial charge in [0.1, 0.15) is 16.7 Å². The highest BCUT2D eigenvalue weighted by molar-refractivity contribution is 7.89. The molecule has 2 saturated heterocycles. The maximum atomic E-state index is 13.4. The predicted octanol–water partition coefficient (Wildman–Crippen LogP) is 2.20. The molecule has 2 aliphatic heterocycles. The van der Waals surface area contributed by atoms with Gasteiger partial charge in [-0.3, -0.25) is 9.67 Å². The molecule has 2 bridgehead atoms. The van der Waals surface area contributed by atoms with Gasteiger partial charge in [-0.1, -0.05) is 0 Å². The van der Waals surface area contributed by atoms with E-state index in [2.05, 4.69) is 10.1 Å². The van der Waals surface area contributed by atoms with Gasteiger partial charge in [0.25, 0.3) is 0 Å². The smallest absolute Gasteiger partial charge is 0.247 e. The van der Waals surface area contributed by atoms with Gasteiger partial charge < -0.3 is 4.74 Å². The minimum atomic E-state index is -3.55. The molecule has 4 heterocycles. The zero-order valence-electron chi connectivity index (χ0n) is 15.3. The first kappa shape index (κ1) is 17.5. The second kappa shape index (κ2) is 6.35. The summed E-state index contributed by atoms with van der Waals surface area (Å²) in [6.45, 7) is 3.58. The van der Waals surface area contributed by atoms with Crippen molar-refractivity contribution in [1.29, 1.82) is 0 Å². The van der Waals surface area contributed by atoms with Crippen molar-refractivity contribution in [3.05, 3.63) is 35.9 Å². The summed E-state index contributed by atoms with van der Waals surface area (Å²) < 4.78 is 36.2. The molecule has 0 N–H and O–H groups in total. The van der Waals surface area contributed by atoms with Crippen molar-refractivity contribution < 1.29 is 13.2 Å². The number of aryl methyl sites for hydroxylation is 2. The van der Waals surface area contributed by atoms with Gasteiger partial charge in [0.15, 0.2) is 0 Å². The van der Waals surface area contributed by atoms with Crippen LogP contribution in [0.25, 0.3) is 0 Å². The number of sulfonamides is 1. The van der Waals surface area contributed by atoms with E-state index < -0.39 is 10.0 Å². The molecule has 2 atom stereocenters. The van der Waals surface area contributed by atoms with Crippen LogP contribution in [0.4, 0.5) is 0 Å². The third-order valence-electron chi connectivity index (χ3n) is 5.54. The second-order valence-electron chi connectivity index (χ2n) is 7.24. The molecule has 2 aliphatic rings. The molecule has 0 saturated carbocycles. The van der Waals surface area contributed by atoms with Crippen LogP contribution in [-0.2, 0) is 17.1 Å². The van der Waals surface area contributed by atoms with Crippen molar-refractivity contribution in [3.63, 3.8) is 0 Å². The minimum absolute atomic E-state index is 0.0144. The molecule has 140 valence electrons. The normalized spacial score (nSPS) is 26.2. The molecule has 0 aliphatic carbocycles. The first-order chi connectivity index (χ1) is 12.4. The Bertz CT molecular complexity index is 896. The van der Waals surface area contributed by atoms with Crippen LogP contribution in [0.1, 0.15) is 37.1 Å². The molecule has 7 nitrogen and oxygen atoms in total. The third-order valence-corrected chi connectivity index (χ3v) is 7.80. The van der Waals surface area contributed by atoms with Gasteiger partial charge in [-0.25, -0.2) is 8.42 Å². The summed E-state index contributed by atoms with van der Waals surface area (Å²) >= 11 is 0. The molecule has 2 aromatic rings. The van der Waals surface area contributed by atoms with Crippen LogP contribution in [0.15, 0.2) is 29.4 Å². The van der Waals surface area contributed by atoms with Crippen LogP contribution < -0.4 is 4.74 Å². The van der Waals surface area contributed by atoms with E-state index in [4.69, 9.17) is 4.74 Å². The molecule has 2 aromatic heterocycles. The molecular weight excluding hydrogens is 352 g/mol. The SMILES string of the molecule is Cc1nn(C)c(C)c1S(=O)(=O)N1C2CCC1CC(Oc1cccnc1)C2. The van der Waals surface area contributed by atoms with Gasteiger partial charge in [0.05, 0.1) is 17.6 Å². The number of hydrogen-bond acceptors (Lipinski definition) is 5. The Morgan fingerprint density at radius 3 is 2.42 bits per heavy atom. The van der Waals surface area contributed by atoms with Gasteiger partial charge in [-0.2, -0.15) is 9.40 Å². The van der Waals surface area contributed by atoms with Crippen molar-refractivity contribution in [2.45, 2.75) is 62.6 Å². The summed E-state index contributed by atoms with van der Waals surface area (Å²) in [5, 5.41) is 4.29. The van der Waals surface area contributed by atoms with Gasteiger partial charge in [-0.05, 0) is 38.8 Å². The van der Waals surface area contributed by atoms with Crippen molar-refractivity contribution in [2.24, 2.45) is 7.05 Å². The zero-order chi connectivity index (χ0) is 18.5. The predicted molar refractivity (Wildman–Crippen MR) is 96.4 cm³/mol. The molecule has 0 aromatic carbocycles. The first-order valence-electron chi connectivity index (χ1n) is 8.98. The average molecular weight is 376 g/mol. The Morgan fingerprint density at radius 2 is 1.88 bits per heavy atom. The van der Waals surface area contributed by atoms with Gasteiger partial charge in [-0.15, -0.1) is 0 Å². The zero-order valence-corrected chi connectivity index (χ0v) is 16.1. The van der Waals surface area contributed by atoms with Crippen molar-refractivity contribution in [3.8, 4) is 5.75 Å². The number of nitrogens with zero attached hydrogens (tertiary/aromatic N) is 4. The Hall–Kier alpha value is -1.93. The number of hydrogen-bond donors (Lipinski definition) is 0. The van der Waals surface area contributed by atoms with Crippen LogP contribution in [-0.4, -0.2) is 45.7 Å². The Balaban J connectivity index is 1.58. The van der Waals surface area contributed by atoms with Crippen molar-refractivity contribution in [1.82, 2.24) is 19.1 Å². The molecule has 0 amide bonds. The van der Waals surface area contributed by atoms with E-state index in [1.54, 1.807) is 35.4 Å². The fraction of sp³-hybridized carbons (Fsp3) is 0.556. The van der Waals surface area contributed by atoms with E-state index in [1.807, 2.05) is 19.1 Å². The summed E-state index contributed by atoms with van der Waals surface area (Å²) in [6, 6.07) is 3.71. The summed E-state index contributed by atoms with van der Waals surface area (Å²) in [4.78, 5) is 4.44. The van der Waals surface area contributed by atoms with E-state index in [-0.39, 0.29) is 18.2 Å². The lowest BCUT2D eigenvalue weighted by atomic mass is 10.0. The topological polar surface area (TPSA) is 77.3 Å². The second-order valence-corrected chi connectivity index (χ2v) is 9.02. The van der Waals surface area contributed by atoms with Gasteiger partial charge in [0, 0.05) is 38.2 Å². The fourth-order valence-corrected chi connectivity index (χ4v) is 6.71. The highest BCUT2D eigenvalue weighted by Gasteiger charge is 2.49. The van der Waals surface area contributed by atoms with Crippen molar-refractivity contribution >= 4 is 10.0 Å².